The number of hydrogen-bond acceptors (Lipinski definition) is 5. The number of carbonyl (C=O) groups is 1. The third kappa shape index (κ3) is 2.45. The summed E-state index contributed by atoms with van der Waals surface area (Å²) >= 11 is 1.60. The van der Waals surface area contributed by atoms with Gasteiger partial charge in [-0.25, -0.2) is 4.98 Å². The van der Waals surface area contributed by atoms with Crippen LogP contribution in [-0.2, 0) is 11.3 Å². The van der Waals surface area contributed by atoms with E-state index >= 15 is 0 Å². The maximum atomic E-state index is 11.1. The predicted molar refractivity (Wildman–Crippen MR) is 59.8 cm³/mol. The van der Waals surface area contributed by atoms with Gasteiger partial charge in [0.25, 0.3) is 0 Å². The van der Waals surface area contributed by atoms with E-state index in [0.717, 1.165) is 23.1 Å². The highest BCUT2D eigenvalue weighted by molar-refractivity contribution is 7.15. The fourth-order valence-electron chi connectivity index (χ4n) is 1.50. The van der Waals surface area contributed by atoms with Gasteiger partial charge in [-0.3, -0.25) is 4.79 Å². The molecule has 0 bridgehead atoms. The standard InChI is InChI=1S/C9H14N4OS/c10-5-7-6-12-9(15-7)13-3-1-8(14)11-2-4-13/h6H,1-5,10H2,(H,11,14). The van der Waals surface area contributed by atoms with Crippen LogP contribution in [0.4, 0.5) is 5.13 Å². The number of anilines is 1. The zero-order chi connectivity index (χ0) is 10.7. The van der Waals surface area contributed by atoms with Gasteiger partial charge in [-0.15, -0.1) is 11.3 Å². The number of nitrogens with two attached hydrogens (primary N) is 1. The molecular formula is C9H14N4OS. The van der Waals surface area contributed by atoms with Crippen molar-refractivity contribution in [2.75, 3.05) is 24.5 Å². The summed E-state index contributed by atoms with van der Waals surface area (Å²) in [6.45, 7) is 2.78. The number of aromatic nitrogens is 1. The van der Waals surface area contributed by atoms with Gasteiger partial charge in [0.05, 0.1) is 0 Å². The molecule has 2 heterocycles. The van der Waals surface area contributed by atoms with E-state index in [1.54, 1.807) is 17.5 Å². The summed E-state index contributed by atoms with van der Waals surface area (Å²) < 4.78 is 0. The number of nitrogens with zero attached hydrogens (tertiary/aromatic N) is 2. The minimum atomic E-state index is 0.119. The third-order valence-corrected chi connectivity index (χ3v) is 3.41. The molecule has 0 unspecified atom stereocenters. The highest BCUT2D eigenvalue weighted by Gasteiger charge is 2.15. The van der Waals surface area contributed by atoms with Crippen LogP contribution in [0.3, 0.4) is 0 Å². The van der Waals surface area contributed by atoms with E-state index in [4.69, 9.17) is 5.73 Å². The summed E-state index contributed by atoms with van der Waals surface area (Å²) in [4.78, 5) is 18.7. The first kappa shape index (κ1) is 10.4. The van der Waals surface area contributed by atoms with Crippen LogP contribution in [-0.4, -0.2) is 30.5 Å². The highest BCUT2D eigenvalue weighted by Crippen LogP contribution is 2.22. The minimum Gasteiger partial charge on any atom is -0.354 e. The molecule has 0 saturated carbocycles. The van der Waals surface area contributed by atoms with E-state index in [0.29, 0.717) is 19.5 Å². The SMILES string of the molecule is NCc1cnc(N2CCNC(=O)CC2)s1. The van der Waals surface area contributed by atoms with Crippen LogP contribution in [0.1, 0.15) is 11.3 Å². The van der Waals surface area contributed by atoms with Crippen molar-refractivity contribution >= 4 is 22.4 Å². The normalized spacial score (nSPS) is 17.4. The molecule has 0 spiro atoms. The monoisotopic (exact) mass is 226 g/mol. The van der Waals surface area contributed by atoms with Crippen LogP contribution in [0.25, 0.3) is 0 Å². The Morgan fingerprint density at radius 3 is 3.20 bits per heavy atom. The van der Waals surface area contributed by atoms with Crippen molar-refractivity contribution < 1.29 is 4.79 Å². The summed E-state index contributed by atoms with van der Waals surface area (Å²) in [5.74, 6) is 0.119. The van der Waals surface area contributed by atoms with Gasteiger partial charge in [0.2, 0.25) is 5.91 Å². The van der Waals surface area contributed by atoms with Crippen molar-refractivity contribution in [2.24, 2.45) is 5.73 Å². The van der Waals surface area contributed by atoms with Crippen molar-refractivity contribution in [3.8, 4) is 0 Å². The molecule has 1 saturated heterocycles. The van der Waals surface area contributed by atoms with E-state index in [1.807, 2.05) is 0 Å². The van der Waals surface area contributed by atoms with Gasteiger partial charge in [-0.1, -0.05) is 0 Å². The first-order chi connectivity index (χ1) is 7.29. The molecular weight excluding hydrogens is 212 g/mol. The zero-order valence-electron chi connectivity index (χ0n) is 8.40. The van der Waals surface area contributed by atoms with Crippen LogP contribution >= 0.6 is 11.3 Å². The molecule has 0 atom stereocenters. The molecule has 5 nitrogen and oxygen atoms in total. The van der Waals surface area contributed by atoms with Crippen molar-refractivity contribution in [1.29, 1.82) is 0 Å². The second kappa shape index (κ2) is 4.59. The Balaban J connectivity index is 2.06. The molecule has 0 radical (unpaired) electrons. The van der Waals surface area contributed by atoms with Crippen LogP contribution in [0, 0.1) is 0 Å². The fraction of sp³-hybridized carbons (Fsp3) is 0.556. The Labute approximate surface area is 92.3 Å². The van der Waals surface area contributed by atoms with Gasteiger partial charge in [-0.05, 0) is 0 Å². The first-order valence-electron chi connectivity index (χ1n) is 4.96. The van der Waals surface area contributed by atoms with Crippen LogP contribution in [0.5, 0.6) is 0 Å². The molecule has 82 valence electrons. The van der Waals surface area contributed by atoms with Gasteiger partial charge in [0, 0.05) is 43.7 Å². The van der Waals surface area contributed by atoms with Crippen molar-refractivity contribution in [3.05, 3.63) is 11.1 Å². The number of nitrogens with one attached hydrogen (secondary N) is 1. The highest BCUT2D eigenvalue weighted by atomic mass is 32.1. The summed E-state index contributed by atoms with van der Waals surface area (Å²) in [6, 6.07) is 0. The molecule has 1 amide bonds. The van der Waals surface area contributed by atoms with Crippen LogP contribution in [0.15, 0.2) is 6.20 Å². The lowest BCUT2D eigenvalue weighted by atomic mass is 10.4. The van der Waals surface area contributed by atoms with Gasteiger partial charge < -0.3 is 16.0 Å². The van der Waals surface area contributed by atoms with E-state index < -0.39 is 0 Å². The van der Waals surface area contributed by atoms with Crippen molar-refractivity contribution in [1.82, 2.24) is 10.3 Å². The topological polar surface area (TPSA) is 71.2 Å². The molecule has 1 aliphatic rings. The third-order valence-electron chi connectivity index (χ3n) is 2.33. The number of hydrogen-bond donors (Lipinski definition) is 2. The zero-order valence-corrected chi connectivity index (χ0v) is 9.22. The predicted octanol–water partition coefficient (Wildman–Crippen LogP) is -0.0719. The fourth-order valence-corrected chi connectivity index (χ4v) is 2.34. The summed E-state index contributed by atoms with van der Waals surface area (Å²) in [6.07, 6.45) is 2.34. The average Bonchev–Trinajstić information content (AvgIpc) is 2.62. The average molecular weight is 226 g/mol. The Kier molecular flexibility index (Phi) is 3.17. The number of carbonyl (C=O) groups excluding carboxylic acids is 1. The summed E-state index contributed by atoms with van der Waals surface area (Å²) in [5, 5.41) is 3.80. The Bertz CT molecular complexity index is 352. The van der Waals surface area contributed by atoms with Gasteiger partial charge in [-0.2, -0.15) is 0 Å². The maximum Gasteiger partial charge on any atom is 0.221 e. The minimum absolute atomic E-state index is 0.119. The lowest BCUT2D eigenvalue weighted by Gasteiger charge is -2.17. The Morgan fingerprint density at radius 2 is 2.47 bits per heavy atom. The van der Waals surface area contributed by atoms with Crippen molar-refractivity contribution in [3.63, 3.8) is 0 Å². The molecule has 2 rings (SSSR count). The largest absolute Gasteiger partial charge is 0.354 e. The Hall–Kier alpha value is -1.14. The number of amides is 1. The second-order valence-corrected chi connectivity index (χ2v) is 4.49. The molecule has 15 heavy (non-hydrogen) atoms. The molecule has 0 aliphatic carbocycles. The summed E-state index contributed by atoms with van der Waals surface area (Å²) in [5.41, 5.74) is 5.53. The van der Waals surface area contributed by atoms with E-state index in [9.17, 15) is 4.79 Å². The second-order valence-electron chi connectivity index (χ2n) is 3.40. The van der Waals surface area contributed by atoms with Gasteiger partial charge >= 0.3 is 0 Å². The first-order valence-corrected chi connectivity index (χ1v) is 5.77. The lowest BCUT2D eigenvalue weighted by Crippen LogP contribution is -2.28. The van der Waals surface area contributed by atoms with E-state index in [2.05, 4.69) is 15.2 Å². The van der Waals surface area contributed by atoms with Crippen molar-refractivity contribution in [2.45, 2.75) is 13.0 Å². The molecule has 1 fully saturated rings. The Morgan fingerprint density at radius 1 is 1.60 bits per heavy atom. The number of rotatable bonds is 2. The quantitative estimate of drug-likeness (QED) is 0.740. The summed E-state index contributed by atoms with van der Waals surface area (Å²) in [7, 11) is 0. The molecule has 1 aliphatic heterocycles. The molecule has 0 aromatic carbocycles. The van der Waals surface area contributed by atoms with E-state index in [-0.39, 0.29) is 5.91 Å². The maximum absolute atomic E-state index is 11.1. The molecule has 1 aromatic rings. The molecule has 6 heteroatoms. The lowest BCUT2D eigenvalue weighted by molar-refractivity contribution is -0.120. The van der Waals surface area contributed by atoms with E-state index in [1.165, 1.54) is 0 Å². The molecule has 1 aromatic heterocycles. The van der Waals surface area contributed by atoms with Gasteiger partial charge in [0.1, 0.15) is 0 Å². The smallest absolute Gasteiger partial charge is 0.221 e. The van der Waals surface area contributed by atoms with Crippen LogP contribution < -0.4 is 16.0 Å². The van der Waals surface area contributed by atoms with Gasteiger partial charge in [0.15, 0.2) is 5.13 Å². The number of thiazole rings is 1. The van der Waals surface area contributed by atoms with Crippen LogP contribution in [0.2, 0.25) is 0 Å². The molecule has 3 N–H and O–H groups in total.